The Hall–Kier alpha value is -1.58. The Labute approximate surface area is 88.8 Å². The number of ether oxygens (including phenoxy) is 1. The van der Waals surface area contributed by atoms with Crippen LogP contribution in [0.4, 0.5) is 0 Å². The molecule has 1 rings (SSSR count). The third-order valence-corrected chi connectivity index (χ3v) is 2.08. The van der Waals surface area contributed by atoms with E-state index in [2.05, 4.69) is 0 Å². The predicted octanol–water partition coefficient (Wildman–Crippen LogP) is 1.09. The van der Waals surface area contributed by atoms with Crippen LogP contribution in [0.15, 0.2) is 18.3 Å². The molecule has 15 heavy (non-hydrogen) atoms. The summed E-state index contributed by atoms with van der Waals surface area (Å²) in [6, 6.07) is 3.73. The summed E-state index contributed by atoms with van der Waals surface area (Å²) in [5, 5.41) is 0. The van der Waals surface area contributed by atoms with E-state index in [0.29, 0.717) is 6.61 Å². The third kappa shape index (κ3) is 3.58. The van der Waals surface area contributed by atoms with Gasteiger partial charge >= 0.3 is 5.97 Å². The van der Waals surface area contributed by atoms with Crippen molar-refractivity contribution in [1.82, 2.24) is 4.57 Å². The second-order valence-electron chi connectivity index (χ2n) is 3.31. The average molecular weight is 209 g/mol. The van der Waals surface area contributed by atoms with E-state index < -0.39 is 5.97 Å². The molecule has 0 fully saturated rings. The van der Waals surface area contributed by atoms with Crippen molar-refractivity contribution in [3.8, 4) is 0 Å². The van der Waals surface area contributed by atoms with Gasteiger partial charge in [0.15, 0.2) is 0 Å². The molecule has 0 saturated carbocycles. The fourth-order valence-electron chi connectivity index (χ4n) is 1.32. The molecule has 0 bridgehead atoms. The van der Waals surface area contributed by atoms with E-state index in [1.807, 2.05) is 29.9 Å². The lowest BCUT2D eigenvalue weighted by molar-refractivity contribution is -0.145. The van der Waals surface area contributed by atoms with Crippen LogP contribution in [0.5, 0.6) is 0 Å². The van der Waals surface area contributed by atoms with Crippen LogP contribution in [0.3, 0.4) is 0 Å². The minimum atomic E-state index is -0.447. The molecule has 1 aromatic rings. The average Bonchev–Trinajstić information content (AvgIpc) is 2.52. The Bertz CT molecular complexity index is 354. The Kier molecular flexibility index (Phi) is 4.09. The van der Waals surface area contributed by atoms with E-state index in [4.69, 9.17) is 4.74 Å². The van der Waals surface area contributed by atoms with Gasteiger partial charge in [0.25, 0.3) is 0 Å². The molecule has 0 atom stereocenters. The highest BCUT2D eigenvalue weighted by Crippen LogP contribution is 2.03. The number of ketones is 1. The molecular weight excluding hydrogens is 194 g/mol. The van der Waals surface area contributed by atoms with Crippen LogP contribution in [0, 0.1) is 0 Å². The van der Waals surface area contributed by atoms with Gasteiger partial charge in [0.05, 0.1) is 6.61 Å². The number of aryl methyl sites for hydroxylation is 1. The maximum Gasteiger partial charge on any atom is 0.313 e. The number of esters is 1. The third-order valence-electron chi connectivity index (χ3n) is 2.08. The molecule has 0 aliphatic heterocycles. The first-order valence-corrected chi connectivity index (χ1v) is 4.91. The lowest BCUT2D eigenvalue weighted by atomic mass is 10.2. The number of hydrogen-bond acceptors (Lipinski definition) is 3. The summed E-state index contributed by atoms with van der Waals surface area (Å²) >= 11 is 0. The van der Waals surface area contributed by atoms with E-state index in [1.165, 1.54) is 0 Å². The Morgan fingerprint density at radius 2 is 2.20 bits per heavy atom. The summed E-state index contributed by atoms with van der Waals surface area (Å²) in [4.78, 5) is 22.5. The van der Waals surface area contributed by atoms with Gasteiger partial charge < -0.3 is 9.30 Å². The van der Waals surface area contributed by atoms with Crippen LogP contribution in [0.25, 0.3) is 0 Å². The molecule has 0 aliphatic carbocycles. The predicted molar refractivity (Wildman–Crippen MR) is 55.4 cm³/mol. The summed E-state index contributed by atoms with van der Waals surface area (Å²) in [7, 11) is 1.87. The van der Waals surface area contributed by atoms with Gasteiger partial charge in [-0.2, -0.15) is 0 Å². The van der Waals surface area contributed by atoms with Crippen LogP contribution in [0.2, 0.25) is 0 Å². The van der Waals surface area contributed by atoms with Crippen LogP contribution in [-0.4, -0.2) is 22.9 Å². The van der Waals surface area contributed by atoms with Gasteiger partial charge in [-0.1, -0.05) is 0 Å². The zero-order valence-corrected chi connectivity index (χ0v) is 9.03. The molecule has 82 valence electrons. The van der Waals surface area contributed by atoms with Crippen molar-refractivity contribution in [2.24, 2.45) is 7.05 Å². The van der Waals surface area contributed by atoms with Crippen molar-refractivity contribution in [1.29, 1.82) is 0 Å². The molecule has 4 nitrogen and oxygen atoms in total. The van der Waals surface area contributed by atoms with Crippen molar-refractivity contribution in [2.45, 2.75) is 19.8 Å². The largest absolute Gasteiger partial charge is 0.466 e. The number of nitrogens with zero attached hydrogens (tertiary/aromatic N) is 1. The molecule has 0 aromatic carbocycles. The number of aromatic nitrogens is 1. The second-order valence-corrected chi connectivity index (χ2v) is 3.31. The number of rotatable bonds is 5. The van der Waals surface area contributed by atoms with Gasteiger partial charge in [-0.25, -0.2) is 0 Å². The van der Waals surface area contributed by atoms with Crippen LogP contribution < -0.4 is 0 Å². The van der Waals surface area contributed by atoms with E-state index in [9.17, 15) is 9.59 Å². The van der Waals surface area contributed by atoms with Gasteiger partial charge in [-0.3, -0.25) is 9.59 Å². The van der Waals surface area contributed by atoms with E-state index in [1.54, 1.807) is 6.92 Å². The van der Waals surface area contributed by atoms with Gasteiger partial charge in [0.1, 0.15) is 12.2 Å². The van der Waals surface area contributed by atoms with Crippen molar-refractivity contribution in [3.63, 3.8) is 0 Å². The molecular formula is C11H15NO3. The van der Waals surface area contributed by atoms with E-state index in [0.717, 1.165) is 5.69 Å². The van der Waals surface area contributed by atoms with E-state index >= 15 is 0 Å². The molecule has 0 aliphatic rings. The topological polar surface area (TPSA) is 48.3 Å². The van der Waals surface area contributed by atoms with Crippen molar-refractivity contribution < 1.29 is 14.3 Å². The van der Waals surface area contributed by atoms with Gasteiger partial charge in [-0.05, 0) is 19.1 Å². The molecule has 0 spiro atoms. The minimum Gasteiger partial charge on any atom is -0.466 e. The summed E-state index contributed by atoms with van der Waals surface area (Å²) in [5.74, 6) is -0.563. The second kappa shape index (κ2) is 5.34. The SMILES string of the molecule is CCOC(=O)CC(=O)Cc1cccn1C. The molecule has 0 radical (unpaired) electrons. The van der Waals surface area contributed by atoms with Gasteiger partial charge in [0.2, 0.25) is 0 Å². The molecule has 1 heterocycles. The number of Topliss-reactive ketones (excluding diaryl/α,β-unsaturated/α-hetero) is 1. The molecule has 4 heteroatoms. The minimum absolute atomic E-state index is 0.116. The van der Waals surface area contributed by atoms with Crippen LogP contribution >= 0.6 is 0 Å². The Morgan fingerprint density at radius 3 is 2.73 bits per heavy atom. The van der Waals surface area contributed by atoms with Gasteiger partial charge in [-0.15, -0.1) is 0 Å². The molecule has 0 N–H and O–H groups in total. The smallest absolute Gasteiger partial charge is 0.313 e. The maximum atomic E-state index is 11.4. The van der Waals surface area contributed by atoms with Crippen molar-refractivity contribution in [3.05, 3.63) is 24.0 Å². The molecule has 0 unspecified atom stereocenters. The summed E-state index contributed by atoms with van der Waals surface area (Å²) in [5.41, 5.74) is 0.907. The molecule has 1 aromatic heterocycles. The quantitative estimate of drug-likeness (QED) is 0.538. The van der Waals surface area contributed by atoms with Crippen molar-refractivity contribution in [2.75, 3.05) is 6.61 Å². The highest BCUT2D eigenvalue weighted by Gasteiger charge is 2.11. The monoisotopic (exact) mass is 209 g/mol. The normalized spacial score (nSPS) is 10.0. The Balaban J connectivity index is 2.43. The zero-order chi connectivity index (χ0) is 11.3. The molecule has 0 amide bonds. The summed E-state index contributed by atoms with van der Waals surface area (Å²) in [6.45, 7) is 2.04. The maximum absolute atomic E-state index is 11.4. The highest BCUT2D eigenvalue weighted by molar-refractivity contribution is 5.96. The first kappa shape index (κ1) is 11.5. The summed E-state index contributed by atoms with van der Waals surface area (Å²) < 4.78 is 6.56. The Morgan fingerprint density at radius 1 is 1.47 bits per heavy atom. The summed E-state index contributed by atoms with van der Waals surface area (Å²) in [6.07, 6.45) is 2.01. The van der Waals surface area contributed by atoms with E-state index in [-0.39, 0.29) is 18.6 Å². The van der Waals surface area contributed by atoms with Gasteiger partial charge in [0, 0.05) is 25.4 Å². The number of carbonyl (C=O) groups is 2. The first-order chi connectivity index (χ1) is 7.13. The number of hydrogen-bond donors (Lipinski definition) is 0. The zero-order valence-electron chi connectivity index (χ0n) is 9.03. The lowest BCUT2D eigenvalue weighted by Crippen LogP contribution is -2.14. The molecule has 0 saturated heterocycles. The first-order valence-electron chi connectivity index (χ1n) is 4.91. The lowest BCUT2D eigenvalue weighted by Gasteiger charge is -2.03. The van der Waals surface area contributed by atoms with Crippen molar-refractivity contribution >= 4 is 11.8 Å². The standard InChI is InChI=1S/C11H15NO3/c1-3-15-11(14)8-10(13)7-9-5-4-6-12(9)2/h4-6H,3,7-8H2,1-2H3. The number of carbonyl (C=O) groups excluding carboxylic acids is 2. The van der Waals surface area contributed by atoms with Crippen LogP contribution in [-0.2, 0) is 27.8 Å². The fraction of sp³-hybridized carbons (Fsp3) is 0.455. The highest BCUT2D eigenvalue weighted by atomic mass is 16.5. The fourth-order valence-corrected chi connectivity index (χ4v) is 1.32. The van der Waals surface area contributed by atoms with Crippen LogP contribution in [0.1, 0.15) is 19.0 Å².